The van der Waals surface area contributed by atoms with Crippen molar-refractivity contribution in [3.63, 3.8) is 0 Å². The second-order valence-electron chi connectivity index (χ2n) is 6.88. The standard InChI is InChI=1S/C24H21ClN2O5/c1-15-13-18(25)9-12-22(15)31-16(2)24(30)32-19-10-7-17(8-11-19)14-26-27-23(29)20-5-3-4-6-21(20)28/h3-14,16,28H,1-2H3,(H,27,29)/b26-14-/t16-/m0/s1. The number of rotatable bonds is 7. The van der Waals surface area contributed by atoms with Gasteiger partial charge in [-0.1, -0.05) is 23.7 Å². The second-order valence-corrected chi connectivity index (χ2v) is 7.31. The molecule has 3 rings (SSSR count). The van der Waals surface area contributed by atoms with Crippen molar-refractivity contribution in [3.05, 3.63) is 88.4 Å². The van der Waals surface area contributed by atoms with Crippen LogP contribution in [0.3, 0.4) is 0 Å². The Morgan fingerprint density at radius 2 is 1.81 bits per heavy atom. The maximum Gasteiger partial charge on any atom is 0.352 e. The summed E-state index contributed by atoms with van der Waals surface area (Å²) >= 11 is 5.93. The van der Waals surface area contributed by atoms with Gasteiger partial charge in [0.05, 0.1) is 11.8 Å². The summed E-state index contributed by atoms with van der Waals surface area (Å²) < 4.78 is 11.0. The highest BCUT2D eigenvalue weighted by atomic mass is 35.5. The van der Waals surface area contributed by atoms with Gasteiger partial charge in [0.1, 0.15) is 17.2 Å². The average Bonchev–Trinajstić information content (AvgIpc) is 2.77. The lowest BCUT2D eigenvalue weighted by Gasteiger charge is -2.15. The van der Waals surface area contributed by atoms with Crippen LogP contribution in [0.5, 0.6) is 17.2 Å². The van der Waals surface area contributed by atoms with Crippen LogP contribution in [0.25, 0.3) is 0 Å². The lowest BCUT2D eigenvalue weighted by molar-refractivity contribution is -0.141. The fraction of sp³-hybridized carbons (Fsp3) is 0.125. The van der Waals surface area contributed by atoms with Crippen molar-refractivity contribution in [2.24, 2.45) is 5.10 Å². The minimum Gasteiger partial charge on any atom is -0.507 e. The predicted molar refractivity (Wildman–Crippen MR) is 122 cm³/mol. The van der Waals surface area contributed by atoms with Gasteiger partial charge >= 0.3 is 5.97 Å². The fourth-order valence-electron chi connectivity index (χ4n) is 2.70. The highest BCUT2D eigenvalue weighted by Crippen LogP contribution is 2.23. The number of aromatic hydroxyl groups is 1. The molecule has 0 unspecified atom stereocenters. The van der Waals surface area contributed by atoms with Gasteiger partial charge in [0.15, 0.2) is 6.10 Å². The van der Waals surface area contributed by atoms with Gasteiger partial charge in [-0.25, -0.2) is 10.2 Å². The SMILES string of the molecule is Cc1cc(Cl)ccc1O[C@@H](C)C(=O)Oc1ccc(/C=N\NC(=O)c2ccccc2O)cc1. The first-order chi connectivity index (χ1) is 15.3. The number of benzene rings is 3. The molecular weight excluding hydrogens is 432 g/mol. The van der Waals surface area contributed by atoms with Crippen LogP contribution in [0.1, 0.15) is 28.4 Å². The van der Waals surface area contributed by atoms with Crippen molar-refractivity contribution in [1.29, 1.82) is 0 Å². The molecule has 0 saturated carbocycles. The minimum atomic E-state index is -0.819. The largest absolute Gasteiger partial charge is 0.507 e. The van der Waals surface area contributed by atoms with Gasteiger partial charge in [0.2, 0.25) is 0 Å². The zero-order chi connectivity index (χ0) is 23.1. The van der Waals surface area contributed by atoms with E-state index in [1.54, 1.807) is 61.5 Å². The quantitative estimate of drug-likeness (QED) is 0.238. The summed E-state index contributed by atoms with van der Waals surface area (Å²) in [7, 11) is 0. The third kappa shape index (κ3) is 6.09. The predicted octanol–water partition coefficient (Wildman–Crippen LogP) is 4.49. The van der Waals surface area contributed by atoms with Crippen LogP contribution in [-0.2, 0) is 4.79 Å². The van der Waals surface area contributed by atoms with Crippen LogP contribution in [0.2, 0.25) is 5.02 Å². The molecule has 7 nitrogen and oxygen atoms in total. The summed E-state index contributed by atoms with van der Waals surface area (Å²) in [5, 5.41) is 14.1. The Kier molecular flexibility index (Phi) is 7.46. The number of carbonyl (C=O) groups is 2. The van der Waals surface area contributed by atoms with Gasteiger partial charge in [-0.05, 0) is 79.6 Å². The molecule has 0 aliphatic heterocycles. The summed E-state index contributed by atoms with van der Waals surface area (Å²) in [6, 6.07) is 17.9. The van der Waals surface area contributed by atoms with E-state index in [-0.39, 0.29) is 11.3 Å². The molecule has 0 bridgehead atoms. The molecule has 32 heavy (non-hydrogen) atoms. The first-order valence-corrected chi connectivity index (χ1v) is 10.1. The zero-order valence-corrected chi connectivity index (χ0v) is 18.2. The van der Waals surface area contributed by atoms with E-state index in [9.17, 15) is 14.7 Å². The molecule has 164 valence electrons. The molecule has 1 amide bonds. The van der Waals surface area contributed by atoms with Crippen LogP contribution in [0.15, 0.2) is 71.8 Å². The number of phenols is 1. The minimum absolute atomic E-state index is 0.122. The van der Waals surface area contributed by atoms with E-state index in [1.807, 2.05) is 6.92 Å². The van der Waals surface area contributed by atoms with Crippen LogP contribution in [-0.4, -0.2) is 29.3 Å². The smallest absolute Gasteiger partial charge is 0.352 e. The van der Waals surface area contributed by atoms with E-state index >= 15 is 0 Å². The van der Waals surface area contributed by atoms with E-state index in [2.05, 4.69) is 10.5 Å². The monoisotopic (exact) mass is 452 g/mol. The molecule has 0 heterocycles. The molecule has 0 saturated heterocycles. The summed E-state index contributed by atoms with van der Waals surface area (Å²) in [6.45, 7) is 3.44. The number of carbonyl (C=O) groups excluding carboxylic acids is 2. The van der Waals surface area contributed by atoms with E-state index in [0.29, 0.717) is 22.1 Å². The number of nitrogens with one attached hydrogen (secondary N) is 1. The Bertz CT molecular complexity index is 1150. The number of hydrazone groups is 1. The van der Waals surface area contributed by atoms with E-state index < -0.39 is 18.0 Å². The number of para-hydroxylation sites is 1. The summed E-state index contributed by atoms with van der Waals surface area (Å²) in [6.07, 6.45) is 0.610. The number of esters is 1. The van der Waals surface area contributed by atoms with Crippen molar-refractivity contribution in [2.45, 2.75) is 20.0 Å². The van der Waals surface area contributed by atoms with Gasteiger partial charge in [-0.2, -0.15) is 5.10 Å². The summed E-state index contributed by atoms with van der Waals surface area (Å²) in [4.78, 5) is 24.3. The molecule has 0 radical (unpaired) electrons. The molecule has 2 N–H and O–H groups in total. The first kappa shape index (κ1) is 22.8. The first-order valence-electron chi connectivity index (χ1n) is 9.69. The topological polar surface area (TPSA) is 97.2 Å². The number of hydrogen-bond acceptors (Lipinski definition) is 6. The summed E-state index contributed by atoms with van der Waals surface area (Å²) in [5.74, 6) is -0.314. The van der Waals surface area contributed by atoms with Crippen molar-refractivity contribution >= 4 is 29.7 Å². The van der Waals surface area contributed by atoms with Crippen molar-refractivity contribution in [2.75, 3.05) is 0 Å². The van der Waals surface area contributed by atoms with E-state index in [4.69, 9.17) is 21.1 Å². The van der Waals surface area contributed by atoms with Crippen LogP contribution < -0.4 is 14.9 Å². The highest BCUT2D eigenvalue weighted by molar-refractivity contribution is 6.30. The van der Waals surface area contributed by atoms with Gasteiger partial charge in [-0.3, -0.25) is 4.79 Å². The maximum absolute atomic E-state index is 12.3. The van der Waals surface area contributed by atoms with Gasteiger partial charge in [0.25, 0.3) is 5.91 Å². The zero-order valence-electron chi connectivity index (χ0n) is 17.4. The number of halogens is 1. The molecule has 0 spiro atoms. The highest BCUT2D eigenvalue weighted by Gasteiger charge is 2.18. The van der Waals surface area contributed by atoms with Crippen LogP contribution in [0.4, 0.5) is 0 Å². The van der Waals surface area contributed by atoms with Crippen molar-refractivity contribution < 1.29 is 24.2 Å². The van der Waals surface area contributed by atoms with Crippen molar-refractivity contribution in [1.82, 2.24) is 5.43 Å². The Hall–Kier alpha value is -3.84. The second kappa shape index (κ2) is 10.5. The van der Waals surface area contributed by atoms with Gasteiger partial charge in [0, 0.05) is 5.02 Å². The Labute approximate surface area is 190 Å². The van der Waals surface area contributed by atoms with Crippen molar-refractivity contribution in [3.8, 4) is 17.2 Å². The lowest BCUT2D eigenvalue weighted by atomic mass is 10.2. The molecule has 3 aromatic rings. The number of aryl methyl sites for hydroxylation is 1. The number of amides is 1. The third-order valence-corrected chi connectivity index (χ3v) is 4.63. The fourth-order valence-corrected chi connectivity index (χ4v) is 2.92. The Balaban J connectivity index is 1.53. The number of nitrogens with zero attached hydrogens (tertiary/aromatic N) is 1. The number of ether oxygens (including phenoxy) is 2. The average molecular weight is 453 g/mol. The molecule has 8 heteroatoms. The molecule has 0 fully saturated rings. The summed E-state index contributed by atoms with van der Waals surface area (Å²) in [5.41, 5.74) is 3.95. The Morgan fingerprint density at radius 1 is 1.09 bits per heavy atom. The van der Waals surface area contributed by atoms with Gasteiger partial charge in [-0.15, -0.1) is 0 Å². The molecule has 0 aromatic heterocycles. The number of hydrogen-bond donors (Lipinski definition) is 2. The van der Waals surface area contributed by atoms with Crippen LogP contribution in [0, 0.1) is 6.92 Å². The van der Waals surface area contributed by atoms with E-state index in [0.717, 1.165) is 5.56 Å². The number of phenolic OH excluding ortho intramolecular Hbond substituents is 1. The molecule has 1 atom stereocenters. The maximum atomic E-state index is 12.3. The third-order valence-electron chi connectivity index (χ3n) is 4.40. The van der Waals surface area contributed by atoms with E-state index in [1.165, 1.54) is 18.3 Å². The normalized spacial score (nSPS) is 11.7. The van der Waals surface area contributed by atoms with Crippen LogP contribution >= 0.6 is 11.6 Å². The molecule has 3 aromatic carbocycles. The molecular formula is C24H21ClN2O5. The lowest BCUT2D eigenvalue weighted by Crippen LogP contribution is -2.28. The van der Waals surface area contributed by atoms with Gasteiger partial charge < -0.3 is 14.6 Å². The molecule has 0 aliphatic carbocycles. The Morgan fingerprint density at radius 3 is 2.50 bits per heavy atom. The molecule has 0 aliphatic rings.